The van der Waals surface area contributed by atoms with Crippen LogP contribution in [0.2, 0.25) is 0 Å². The highest BCUT2D eigenvalue weighted by Gasteiger charge is 2.16. The molecule has 1 amide bonds. The first kappa shape index (κ1) is 12.7. The third-order valence-corrected chi connectivity index (χ3v) is 3.56. The standard InChI is InChI=1S/C14H21N3O/c1-11-10-13(4-5-14(11)15)17-7-3-6-16(8-9-17)12(2)18/h4-5,10H,3,6-9,15H2,1-2H3. The Balaban J connectivity index is 2.09. The summed E-state index contributed by atoms with van der Waals surface area (Å²) >= 11 is 0. The number of aryl methyl sites for hydroxylation is 1. The predicted octanol–water partition coefficient (Wildman–Crippen LogP) is 1.64. The number of anilines is 2. The van der Waals surface area contributed by atoms with E-state index in [9.17, 15) is 4.79 Å². The molecule has 0 aliphatic carbocycles. The van der Waals surface area contributed by atoms with Gasteiger partial charge in [0.15, 0.2) is 0 Å². The number of rotatable bonds is 1. The van der Waals surface area contributed by atoms with Crippen LogP contribution in [0.4, 0.5) is 11.4 Å². The van der Waals surface area contributed by atoms with Crippen molar-refractivity contribution in [2.45, 2.75) is 20.3 Å². The van der Waals surface area contributed by atoms with Crippen molar-refractivity contribution in [3.63, 3.8) is 0 Å². The van der Waals surface area contributed by atoms with Crippen LogP contribution in [0.15, 0.2) is 18.2 Å². The first-order valence-corrected chi connectivity index (χ1v) is 6.44. The molecule has 1 aromatic rings. The molecule has 0 bridgehead atoms. The van der Waals surface area contributed by atoms with Crippen molar-refractivity contribution in [1.82, 2.24) is 4.90 Å². The van der Waals surface area contributed by atoms with Crippen molar-refractivity contribution in [3.05, 3.63) is 23.8 Å². The molecular formula is C14H21N3O. The summed E-state index contributed by atoms with van der Waals surface area (Å²) in [4.78, 5) is 15.6. The first-order valence-electron chi connectivity index (χ1n) is 6.44. The molecule has 2 N–H and O–H groups in total. The van der Waals surface area contributed by atoms with Crippen LogP contribution < -0.4 is 10.6 Å². The van der Waals surface area contributed by atoms with Gasteiger partial charge in [-0.3, -0.25) is 4.79 Å². The summed E-state index contributed by atoms with van der Waals surface area (Å²) < 4.78 is 0. The summed E-state index contributed by atoms with van der Waals surface area (Å²) in [6, 6.07) is 6.14. The van der Waals surface area contributed by atoms with E-state index in [2.05, 4.69) is 17.0 Å². The minimum Gasteiger partial charge on any atom is -0.399 e. The minimum absolute atomic E-state index is 0.172. The van der Waals surface area contributed by atoms with Gasteiger partial charge in [-0.2, -0.15) is 0 Å². The van der Waals surface area contributed by atoms with Crippen molar-refractivity contribution in [2.24, 2.45) is 0 Å². The molecule has 18 heavy (non-hydrogen) atoms. The molecule has 1 heterocycles. The summed E-state index contributed by atoms with van der Waals surface area (Å²) in [5, 5.41) is 0. The van der Waals surface area contributed by atoms with E-state index in [1.54, 1.807) is 6.92 Å². The van der Waals surface area contributed by atoms with E-state index >= 15 is 0 Å². The molecule has 0 unspecified atom stereocenters. The number of amides is 1. The average Bonchev–Trinajstić information content (AvgIpc) is 2.58. The highest BCUT2D eigenvalue weighted by molar-refractivity contribution is 5.73. The highest BCUT2D eigenvalue weighted by atomic mass is 16.2. The Kier molecular flexibility index (Phi) is 3.75. The van der Waals surface area contributed by atoms with Crippen LogP contribution in [0.3, 0.4) is 0 Å². The molecule has 4 nitrogen and oxygen atoms in total. The van der Waals surface area contributed by atoms with Crippen molar-refractivity contribution in [1.29, 1.82) is 0 Å². The van der Waals surface area contributed by atoms with Gasteiger partial charge in [0.2, 0.25) is 5.91 Å². The average molecular weight is 247 g/mol. The summed E-state index contributed by atoms with van der Waals surface area (Å²) in [6.07, 6.45) is 1.02. The lowest BCUT2D eigenvalue weighted by molar-refractivity contribution is -0.128. The second-order valence-electron chi connectivity index (χ2n) is 4.89. The van der Waals surface area contributed by atoms with E-state index in [4.69, 9.17) is 5.73 Å². The Morgan fingerprint density at radius 3 is 2.67 bits per heavy atom. The molecule has 0 atom stereocenters. The molecule has 0 saturated carbocycles. The Hall–Kier alpha value is -1.71. The summed E-state index contributed by atoms with van der Waals surface area (Å²) in [7, 11) is 0. The third kappa shape index (κ3) is 2.75. The van der Waals surface area contributed by atoms with E-state index in [0.717, 1.165) is 43.9 Å². The van der Waals surface area contributed by atoms with Crippen LogP contribution >= 0.6 is 0 Å². The van der Waals surface area contributed by atoms with Gasteiger partial charge in [0.05, 0.1) is 0 Å². The normalized spacial score (nSPS) is 16.6. The molecule has 1 saturated heterocycles. The quantitative estimate of drug-likeness (QED) is 0.767. The van der Waals surface area contributed by atoms with E-state index in [-0.39, 0.29) is 5.91 Å². The molecule has 1 aliphatic heterocycles. The number of benzene rings is 1. The van der Waals surface area contributed by atoms with Crippen molar-refractivity contribution in [3.8, 4) is 0 Å². The number of nitrogens with zero attached hydrogens (tertiary/aromatic N) is 2. The van der Waals surface area contributed by atoms with Gasteiger partial charge in [-0.15, -0.1) is 0 Å². The Morgan fingerprint density at radius 2 is 2.00 bits per heavy atom. The Labute approximate surface area is 108 Å². The van der Waals surface area contributed by atoms with Crippen LogP contribution in [0.5, 0.6) is 0 Å². The van der Waals surface area contributed by atoms with Crippen molar-refractivity contribution >= 4 is 17.3 Å². The third-order valence-electron chi connectivity index (χ3n) is 3.56. The Morgan fingerprint density at radius 1 is 1.22 bits per heavy atom. The lowest BCUT2D eigenvalue weighted by Gasteiger charge is -2.24. The van der Waals surface area contributed by atoms with Gasteiger partial charge < -0.3 is 15.5 Å². The van der Waals surface area contributed by atoms with Crippen LogP contribution in [0.1, 0.15) is 18.9 Å². The van der Waals surface area contributed by atoms with Crippen LogP contribution in [0, 0.1) is 6.92 Å². The molecule has 0 spiro atoms. The summed E-state index contributed by atoms with van der Waals surface area (Å²) in [5.74, 6) is 0.172. The number of nitrogens with two attached hydrogens (primary N) is 1. The second kappa shape index (κ2) is 5.29. The Bertz CT molecular complexity index is 445. The fourth-order valence-electron chi connectivity index (χ4n) is 2.35. The lowest BCUT2D eigenvalue weighted by Crippen LogP contribution is -2.33. The smallest absolute Gasteiger partial charge is 0.219 e. The van der Waals surface area contributed by atoms with E-state index in [1.165, 1.54) is 5.69 Å². The van der Waals surface area contributed by atoms with Gasteiger partial charge in [-0.25, -0.2) is 0 Å². The van der Waals surface area contributed by atoms with Gasteiger partial charge in [-0.1, -0.05) is 0 Å². The topological polar surface area (TPSA) is 49.6 Å². The lowest BCUT2D eigenvalue weighted by atomic mass is 10.1. The number of hydrogen-bond acceptors (Lipinski definition) is 3. The second-order valence-corrected chi connectivity index (χ2v) is 4.89. The maximum absolute atomic E-state index is 11.4. The zero-order valence-electron chi connectivity index (χ0n) is 11.1. The van der Waals surface area contributed by atoms with Gasteiger partial charge >= 0.3 is 0 Å². The molecule has 0 radical (unpaired) electrons. The molecule has 1 aliphatic rings. The maximum Gasteiger partial charge on any atom is 0.219 e. The van der Waals surface area contributed by atoms with Gasteiger partial charge in [-0.05, 0) is 37.1 Å². The van der Waals surface area contributed by atoms with E-state index in [0.29, 0.717) is 0 Å². The van der Waals surface area contributed by atoms with Crippen LogP contribution in [0.25, 0.3) is 0 Å². The maximum atomic E-state index is 11.4. The van der Waals surface area contributed by atoms with Gasteiger partial charge in [0.1, 0.15) is 0 Å². The molecular weight excluding hydrogens is 226 g/mol. The minimum atomic E-state index is 0.172. The van der Waals surface area contributed by atoms with E-state index in [1.807, 2.05) is 17.9 Å². The zero-order valence-corrected chi connectivity index (χ0v) is 11.1. The van der Waals surface area contributed by atoms with Crippen LogP contribution in [-0.4, -0.2) is 37.0 Å². The largest absolute Gasteiger partial charge is 0.399 e. The number of nitrogen functional groups attached to an aromatic ring is 1. The molecule has 2 rings (SSSR count). The van der Waals surface area contributed by atoms with Crippen LogP contribution in [-0.2, 0) is 4.79 Å². The molecule has 1 fully saturated rings. The summed E-state index contributed by atoms with van der Waals surface area (Å²) in [5.41, 5.74) is 8.98. The molecule has 1 aromatic carbocycles. The monoisotopic (exact) mass is 247 g/mol. The first-order chi connectivity index (χ1) is 8.58. The SMILES string of the molecule is CC(=O)N1CCCN(c2ccc(N)c(C)c2)CC1. The number of hydrogen-bond donors (Lipinski definition) is 1. The van der Waals surface area contributed by atoms with Gasteiger partial charge in [0.25, 0.3) is 0 Å². The number of carbonyl (C=O) groups excluding carboxylic acids is 1. The molecule has 4 heteroatoms. The van der Waals surface area contributed by atoms with Crippen molar-refractivity contribution in [2.75, 3.05) is 36.8 Å². The molecule has 98 valence electrons. The van der Waals surface area contributed by atoms with Crippen molar-refractivity contribution < 1.29 is 4.79 Å². The fourth-order valence-corrected chi connectivity index (χ4v) is 2.35. The fraction of sp³-hybridized carbons (Fsp3) is 0.500. The van der Waals surface area contributed by atoms with E-state index < -0.39 is 0 Å². The van der Waals surface area contributed by atoms with Gasteiger partial charge in [0, 0.05) is 44.5 Å². The summed E-state index contributed by atoms with van der Waals surface area (Å²) in [6.45, 7) is 7.22. The predicted molar refractivity (Wildman–Crippen MR) is 74.7 cm³/mol. The highest BCUT2D eigenvalue weighted by Crippen LogP contribution is 2.21. The zero-order chi connectivity index (χ0) is 13.1. The number of carbonyl (C=O) groups is 1. The molecule has 0 aromatic heterocycles.